The number of quaternary nitrogens is 1. The number of hydrogen-bond donors (Lipinski definition) is 0. The second-order valence-corrected chi connectivity index (χ2v) is 16.3. The Morgan fingerprint density at radius 2 is 0.983 bits per heavy atom. The van der Waals surface area contributed by atoms with E-state index in [1.807, 2.05) is 0 Å². The largest absolute Gasteiger partial charge is 0.544 e. The van der Waals surface area contributed by atoms with E-state index in [1.165, 1.54) is 32.1 Å². The number of esters is 2. The van der Waals surface area contributed by atoms with E-state index in [2.05, 4.69) is 111 Å². The van der Waals surface area contributed by atoms with Crippen LogP contribution in [0.5, 0.6) is 0 Å². The first-order valence-corrected chi connectivity index (χ1v) is 23.3. The highest BCUT2D eigenvalue weighted by atomic mass is 16.6. The zero-order valence-electron chi connectivity index (χ0n) is 38.6. The zero-order valence-corrected chi connectivity index (χ0v) is 38.6. The molecule has 0 rings (SSSR count). The predicted octanol–water partition coefficient (Wildman–Crippen LogP) is 11.7. The van der Waals surface area contributed by atoms with Crippen LogP contribution in [0, 0.1) is 0 Å². The van der Waals surface area contributed by atoms with Crippen LogP contribution >= 0.6 is 0 Å². The van der Waals surface area contributed by atoms with Gasteiger partial charge in [-0.05, 0) is 89.9 Å². The molecule has 0 fully saturated rings. The summed E-state index contributed by atoms with van der Waals surface area (Å²) in [6.45, 7) is 4.44. The quantitative estimate of drug-likeness (QED) is 0.0199. The van der Waals surface area contributed by atoms with Gasteiger partial charge in [0, 0.05) is 19.3 Å². The van der Waals surface area contributed by atoms with Gasteiger partial charge >= 0.3 is 11.9 Å². The van der Waals surface area contributed by atoms with Gasteiger partial charge < -0.3 is 28.6 Å². The molecule has 0 aliphatic rings. The first-order valence-electron chi connectivity index (χ1n) is 23.3. The fraction of sp³-hybridized carbons (Fsp3) is 0.635. The molecule has 2 atom stereocenters. The predicted molar refractivity (Wildman–Crippen MR) is 249 cm³/mol. The number of carboxylic acid groups (broad SMARTS) is 1. The summed E-state index contributed by atoms with van der Waals surface area (Å²) in [5.41, 5.74) is 0. The number of hydrogen-bond acceptors (Lipinski definition) is 7. The lowest BCUT2D eigenvalue weighted by atomic mass is 10.1. The van der Waals surface area contributed by atoms with Crippen molar-refractivity contribution in [2.45, 2.75) is 174 Å². The molecule has 60 heavy (non-hydrogen) atoms. The molecule has 0 radical (unpaired) electrons. The Balaban J connectivity index is 4.43. The van der Waals surface area contributed by atoms with Crippen molar-refractivity contribution >= 4 is 17.9 Å². The Bertz CT molecular complexity index is 1300. The summed E-state index contributed by atoms with van der Waals surface area (Å²) in [6.07, 6.45) is 55.7. The van der Waals surface area contributed by atoms with E-state index in [4.69, 9.17) is 14.2 Å². The number of ether oxygens (including phenoxy) is 3. The normalized spacial score (nSPS) is 13.8. The fourth-order valence-electron chi connectivity index (χ4n) is 6.12. The second-order valence-electron chi connectivity index (χ2n) is 16.3. The number of carbonyl (C=O) groups excluding carboxylic acids is 3. The number of rotatable bonds is 40. The molecule has 0 saturated heterocycles. The number of unbranched alkanes of at least 4 members (excludes halogenated alkanes) is 11. The maximum Gasteiger partial charge on any atom is 0.306 e. The van der Waals surface area contributed by atoms with Crippen molar-refractivity contribution in [3.05, 3.63) is 97.2 Å². The van der Waals surface area contributed by atoms with Crippen LogP contribution in [0.15, 0.2) is 97.2 Å². The van der Waals surface area contributed by atoms with E-state index in [-0.39, 0.29) is 49.1 Å². The lowest BCUT2D eigenvalue weighted by Crippen LogP contribution is -2.55. The molecule has 0 spiro atoms. The summed E-state index contributed by atoms with van der Waals surface area (Å²) >= 11 is 0. The molecule has 0 bridgehead atoms. The molecule has 0 aliphatic heterocycles. The average molecular weight is 836 g/mol. The fourth-order valence-corrected chi connectivity index (χ4v) is 6.12. The summed E-state index contributed by atoms with van der Waals surface area (Å²) in [5.74, 6) is -1.82. The van der Waals surface area contributed by atoms with E-state index in [0.717, 1.165) is 89.9 Å². The van der Waals surface area contributed by atoms with Gasteiger partial charge in [0.1, 0.15) is 12.6 Å². The van der Waals surface area contributed by atoms with E-state index in [0.29, 0.717) is 12.8 Å². The molecule has 340 valence electrons. The SMILES string of the molecule is CC/C=C/C/C=C/C/C=C/C/C=C/C/C=C/C/C=C/CCCCC(=O)OCC(COCCC(C(=O)[O-])[N+](C)(C)C)OC(=O)CCCCCCCC/C=C/C=C/CCCCC. The van der Waals surface area contributed by atoms with Crippen LogP contribution in [0.4, 0.5) is 0 Å². The highest BCUT2D eigenvalue weighted by molar-refractivity contribution is 5.70. The second kappa shape index (κ2) is 42.0. The first kappa shape index (κ1) is 56.2. The Hall–Kier alpha value is -3.75. The van der Waals surface area contributed by atoms with Crippen molar-refractivity contribution in [2.75, 3.05) is 41.0 Å². The standard InChI is InChI=1S/C52H85NO7/c1-6-8-10-12-14-16-18-20-22-23-24-25-26-27-29-30-32-34-36-38-40-42-50(54)59-47-48(46-58-45-44-49(52(56)57)53(3,4)5)60-51(55)43-41-39-37-35-33-31-28-21-19-17-15-13-11-9-7-2/h8,10,14-17,19-22,24-25,27,29,32,34,48-49H,6-7,9,11-13,18,23,26,28,30-31,33,35-47H2,1-5H3/b10-8+,16-14+,17-15+,21-19+,22-20+,25-24+,29-27+,34-32+. The number of carboxylic acids is 1. The van der Waals surface area contributed by atoms with Gasteiger partial charge in [0.15, 0.2) is 6.10 Å². The summed E-state index contributed by atoms with van der Waals surface area (Å²) in [5, 5.41) is 11.6. The van der Waals surface area contributed by atoms with Gasteiger partial charge in [0.25, 0.3) is 0 Å². The highest BCUT2D eigenvalue weighted by Gasteiger charge is 2.25. The van der Waals surface area contributed by atoms with Crippen LogP contribution in [0.3, 0.4) is 0 Å². The van der Waals surface area contributed by atoms with Crippen molar-refractivity contribution in [1.29, 1.82) is 0 Å². The lowest BCUT2D eigenvalue weighted by molar-refractivity contribution is -0.889. The highest BCUT2D eigenvalue weighted by Crippen LogP contribution is 2.12. The molecule has 0 aromatic rings. The number of nitrogens with zero attached hydrogens (tertiary/aromatic N) is 1. The molecule has 0 heterocycles. The van der Waals surface area contributed by atoms with E-state index >= 15 is 0 Å². The summed E-state index contributed by atoms with van der Waals surface area (Å²) in [4.78, 5) is 36.9. The van der Waals surface area contributed by atoms with Gasteiger partial charge in [-0.1, -0.05) is 150 Å². The molecule has 0 aromatic carbocycles. The third-order valence-electron chi connectivity index (χ3n) is 9.73. The summed E-state index contributed by atoms with van der Waals surface area (Å²) < 4.78 is 17.1. The Kier molecular flexibility index (Phi) is 39.3. The van der Waals surface area contributed by atoms with Gasteiger partial charge in [0.2, 0.25) is 0 Å². The van der Waals surface area contributed by atoms with E-state index in [9.17, 15) is 19.5 Å². The number of carbonyl (C=O) groups is 3. The minimum atomic E-state index is -1.14. The molecule has 0 saturated carbocycles. The molecule has 0 aliphatic carbocycles. The van der Waals surface area contributed by atoms with E-state index in [1.54, 1.807) is 21.1 Å². The topological polar surface area (TPSA) is 102 Å². The molecular formula is C52H85NO7. The average Bonchev–Trinajstić information content (AvgIpc) is 3.21. The maximum atomic E-state index is 12.7. The maximum absolute atomic E-state index is 12.7. The molecule has 2 unspecified atom stereocenters. The Morgan fingerprint density at radius 3 is 1.52 bits per heavy atom. The molecule has 0 N–H and O–H groups in total. The molecular weight excluding hydrogens is 751 g/mol. The zero-order chi connectivity index (χ0) is 44.2. The molecule has 8 nitrogen and oxygen atoms in total. The van der Waals surface area contributed by atoms with Gasteiger partial charge in [-0.25, -0.2) is 0 Å². The van der Waals surface area contributed by atoms with Crippen LogP contribution in [0.1, 0.15) is 162 Å². The van der Waals surface area contributed by atoms with Crippen molar-refractivity contribution in [3.8, 4) is 0 Å². The van der Waals surface area contributed by atoms with E-state index < -0.39 is 18.1 Å². The van der Waals surface area contributed by atoms with Gasteiger partial charge in [-0.2, -0.15) is 0 Å². The number of likely N-dealkylation sites (N-methyl/N-ethyl adjacent to an activating group) is 1. The Morgan fingerprint density at radius 1 is 0.533 bits per heavy atom. The first-order chi connectivity index (χ1) is 29.1. The lowest BCUT2D eigenvalue weighted by Gasteiger charge is -2.34. The monoisotopic (exact) mass is 836 g/mol. The smallest absolute Gasteiger partial charge is 0.306 e. The van der Waals surface area contributed by atoms with Crippen LogP contribution in [-0.4, -0.2) is 75.5 Å². The van der Waals surface area contributed by atoms with Crippen LogP contribution in [-0.2, 0) is 28.6 Å². The van der Waals surface area contributed by atoms with Gasteiger partial charge in [-0.15, -0.1) is 0 Å². The van der Waals surface area contributed by atoms with Crippen molar-refractivity contribution in [2.24, 2.45) is 0 Å². The van der Waals surface area contributed by atoms with Crippen LogP contribution in [0.2, 0.25) is 0 Å². The van der Waals surface area contributed by atoms with Gasteiger partial charge in [-0.3, -0.25) is 9.59 Å². The molecule has 0 aromatic heterocycles. The number of aliphatic carboxylic acids is 1. The molecule has 8 heteroatoms. The minimum Gasteiger partial charge on any atom is -0.544 e. The molecule has 0 amide bonds. The summed E-state index contributed by atoms with van der Waals surface area (Å²) in [7, 11) is 5.38. The van der Waals surface area contributed by atoms with Crippen LogP contribution in [0.25, 0.3) is 0 Å². The van der Waals surface area contributed by atoms with Crippen molar-refractivity contribution in [3.63, 3.8) is 0 Å². The van der Waals surface area contributed by atoms with Gasteiger partial charge in [0.05, 0.1) is 40.3 Å². The van der Waals surface area contributed by atoms with Crippen molar-refractivity contribution < 1.29 is 38.2 Å². The summed E-state index contributed by atoms with van der Waals surface area (Å²) in [6, 6.07) is -0.740. The number of allylic oxidation sites excluding steroid dienone is 16. The third-order valence-corrected chi connectivity index (χ3v) is 9.73. The van der Waals surface area contributed by atoms with Crippen molar-refractivity contribution in [1.82, 2.24) is 0 Å². The minimum absolute atomic E-state index is 0.0156. The van der Waals surface area contributed by atoms with Crippen LogP contribution < -0.4 is 5.11 Å². The third kappa shape index (κ3) is 39.7. The Labute approximate surface area is 366 Å².